The van der Waals surface area contributed by atoms with Gasteiger partial charge in [-0.2, -0.15) is 0 Å². The third-order valence-corrected chi connectivity index (χ3v) is 3.12. The standard InChI is InChI=1S/C13H13BrN2O3/c1-7-4-8(2)19-12(7)13(17)16-11-5-10(18-3)9(14)6-15-11/h4-6H,1-3H3,(H,15,16,17). The zero-order valence-electron chi connectivity index (χ0n) is 10.8. The minimum absolute atomic E-state index is 0.293. The van der Waals surface area contributed by atoms with Crippen molar-refractivity contribution in [3.8, 4) is 5.75 Å². The van der Waals surface area contributed by atoms with Gasteiger partial charge >= 0.3 is 0 Å². The van der Waals surface area contributed by atoms with E-state index in [2.05, 4.69) is 26.2 Å². The Morgan fingerprint density at radius 3 is 2.74 bits per heavy atom. The van der Waals surface area contributed by atoms with Crippen LogP contribution in [0.15, 0.2) is 27.2 Å². The quantitative estimate of drug-likeness (QED) is 0.940. The van der Waals surface area contributed by atoms with Crippen LogP contribution in [0.1, 0.15) is 21.9 Å². The van der Waals surface area contributed by atoms with Crippen molar-refractivity contribution in [1.82, 2.24) is 4.98 Å². The largest absolute Gasteiger partial charge is 0.495 e. The number of aryl methyl sites for hydroxylation is 2. The van der Waals surface area contributed by atoms with Crippen LogP contribution in [-0.2, 0) is 0 Å². The van der Waals surface area contributed by atoms with Gasteiger partial charge in [-0.3, -0.25) is 4.79 Å². The van der Waals surface area contributed by atoms with E-state index in [0.29, 0.717) is 23.1 Å². The summed E-state index contributed by atoms with van der Waals surface area (Å²) < 4.78 is 11.2. The van der Waals surface area contributed by atoms with Gasteiger partial charge in [0.05, 0.1) is 11.6 Å². The van der Waals surface area contributed by atoms with Crippen LogP contribution in [-0.4, -0.2) is 18.0 Å². The highest BCUT2D eigenvalue weighted by atomic mass is 79.9. The maximum Gasteiger partial charge on any atom is 0.292 e. The van der Waals surface area contributed by atoms with E-state index in [1.807, 2.05) is 13.0 Å². The summed E-state index contributed by atoms with van der Waals surface area (Å²) in [6.07, 6.45) is 1.56. The van der Waals surface area contributed by atoms with E-state index in [-0.39, 0.29) is 5.91 Å². The molecule has 5 nitrogen and oxygen atoms in total. The predicted octanol–water partition coefficient (Wildman–Crippen LogP) is 3.31. The van der Waals surface area contributed by atoms with Crippen LogP contribution < -0.4 is 10.1 Å². The number of nitrogens with one attached hydrogen (secondary N) is 1. The molecule has 19 heavy (non-hydrogen) atoms. The average Bonchev–Trinajstić information content (AvgIpc) is 2.71. The first-order valence-electron chi connectivity index (χ1n) is 5.59. The molecule has 1 amide bonds. The van der Waals surface area contributed by atoms with E-state index in [1.165, 1.54) is 0 Å². The van der Waals surface area contributed by atoms with Crippen molar-refractivity contribution in [2.24, 2.45) is 0 Å². The van der Waals surface area contributed by atoms with Crippen molar-refractivity contribution in [2.75, 3.05) is 12.4 Å². The lowest BCUT2D eigenvalue weighted by molar-refractivity contribution is 0.0994. The zero-order chi connectivity index (χ0) is 14.0. The molecule has 0 aliphatic carbocycles. The fourth-order valence-electron chi connectivity index (χ4n) is 1.68. The molecule has 0 aliphatic rings. The van der Waals surface area contributed by atoms with Gasteiger partial charge in [-0.05, 0) is 35.8 Å². The maximum absolute atomic E-state index is 12.0. The molecule has 0 saturated carbocycles. The Bertz CT molecular complexity index is 622. The summed E-state index contributed by atoms with van der Waals surface area (Å²) in [5, 5.41) is 2.67. The number of hydrogen-bond acceptors (Lipinski definition) is 4. The van der Waals surface area contributed by atoms with Crippen LogP contribution in [0.3, 0.4) is 0 Å². The van der Waals surface area contributed by atoms with E-state index in [0.717, 1.165) is 10.0 Å². The molecule has 2 rings (SSSR count). The van der Waals surface area contributed by atoms with E-state index < -0.39 is 0 Å². The summed E-state index contributed by atoms with van der Waals surface area (Å²) in [7, 11) is 1.55. The molecule has 2 aromatic heterocycles. The highest BCUT2D eigenvalue weighted by Crippen LogP contribution is 2.26. The number of rotatable bonds is 3. The number of ether oxygens (including phenoxy) is 1. The third-order valence-electron chi connectivity index (χ3n) is 2.53. The molecular weight excluding hydrogens is 312 g/mol. The molecule has 0 spiro atoms. The van der Waals surface area contributed by atoms with Gasteiger partial charge < -0.3 is 14.5 Å². The minimum atomic E-state index is -0.331. The molecular formula is C13H13BrN2O3. The monoisotopic (exact) mass is 324 g/mol. The number of pyridine rings is 1. The number of carbonyl (C=O) groups excluding carboxylic acids is 1. The van der Waals surface area contributed by atoms with Crippen molar-refractivity contribution in [3.63, 3.8) is 0 Å². The van der Waals surface area contributed by atoms with Gasteiger partial charge in [0.2, 0.25) is 0 Å². The second-order valence-electron chi connectivity index (χ2n) is 4.03. The molecule has 0 radical (unpaired) electrons. The van der Waals surface area contributed by atoms with Crippen molar-refractivity contribution >= 4 is 27.7 Å². The molecule has 0 saturated heterocycles. The third kappa shape index (κ3) is 2.96. The van der Waals surface area contributed by atoms with Gasteiger partial charge in [-0.25, -0.2) is 4.98 Å². The predicted molar refractivity (Wildman–Crippen MR) is 74.6 cm³/mol. The van der Waals surface area contributed by atoms with Crippen molar-refractivity contribution in [2.45, 2.75) is 13.8 Å². The molecule has 1 N–H and O–H groups in total. The number of methoxy groups -OCH3 is 1. The number of nitrogens with zero attached hydrogens (tertiary/aromatic N) is 1. The summed E-state index contributed by atoms with van der Waals surface area (Å²) >= 11 is 3.30. The summed E-state index contributed by atoms with van der Waals surface area (Å²) in [4.78, 5) is 16.1. The number of carbonyl (C=O) groups is 1. The van der Waals surface area contributed by atoms with E-state index in [9.17, 15) is 4.79 Å². The second-order valence-corrected chi connectivity index (χ2v) is 4.88. The van der Waals surface area contributed by atoms with E-state index in [1.54, 1.807) is 26.3 Å². The SMILES string of the molecule is COc1cc(NC(=O)c2oc(C)cc2C)ncc1Br. The molecule has 6 heteroatoms. The van der Waals surface area contributed by atoms with Crippen LogP contribution in [0.4, 0.5) is 5.82 Å². The number of furan rings is 1. The normalized spacial score (nSPS) is 10.3. The van der Waals surface area contributed by atoms with E-state index >= 15 is 0 Å². The topological polar surface area (TPSA) is 64.4 Å². The number of aromatic nitrogens is 1. The Labute approximate surface area is 119 Å². The lowest BCUT2D eigenvalue weighted by atomic mass is 10.2. The molecule has 2 heterocycles. The minimum Gasteiger partial charge on any atom is -0.495 e. The van der Waals surface area contributed by atoms with Gasteiger partial charge in [0, 0.05) is 17.8 Å². The summed E-state index contributed by atoms with van der Waals surface area (Å²) in [5.74, 6) is 1.66. The molecule has 0 atom stereocenters. The Kier molecular flexibility index (Phi) is 3.90. The molecule has 0 aliphatic heterocycles. The molecule has 0 bridgehead atoms. The number of hydrogen-bond donors (Lipinski definition) is 1. The fraction of sp³-hybridized carbons (Fsp3) is 0.231. The lowest BCUT2D eigenvalue weighted by Crippen LogP contribution is -2.13. The number of amides is 1. The summed E-state index contributed by atoms with van der Waals surface area (Å²) in [6, 6.07) is 3.44. The fourth-order valence-corrected chi connectivity index (χ4v) is 2.06. The number of anilines is 1. The zero-order valence-corrected chi connectivity index (χ0v) is 12.4. The Morgan fingerprint density at radius 1 is 1.42 bits per heavy atom. The van der Waals surface area contributed by atoms with Crippen LogP contribution in [0.2, 0.25) is 0 Å². The van der Waals surface area contributed by atoms with Gasteiger partial charge in [0.25, 0.3) is 5.91 Å². The van der Waals surface area contributed by atoms with Crippen molar-refractivity contribution < 1.29 is 13.9 Å². The van der Waals surface area contributed by atoms with Gasteiger partial charge in [0.15, 0.2) is 5.76 Å². The maximum atomic E-state index is 12.0. The van der Waals surface area contributed by atoms with Crippen LogP contribution >= 0.6 is 15.9 Å². The van der Waals surface area contributed by atoms with Gasteiger partial charge in [-0.1, -0.05) is 0 Å². The highest BCUT2D eigenvalue weighted by molar-refractivity contribution is 9.10. The number of halogens is 1. The second kappa shape index (κ2) is 5.44. The molecule has 0 fully saturated rings. The lowest BCUT2D eigenvalue weighted by Gasteiger charge is -2.06. The first-order chi connectivity index (χ1) is 9.01. The highest BCUT2D eigenvalue weighted by Gasteiger charge is 2.15. The first-order valence-corrected chi connectivity index (χ1v) is 6.38. The van der Waals surface area contributed by atoms with Gasteiger partial charge in [-0.15, -0.1) is 0 Å². The molecule has 100 valence electrons. The van der Waals surface area contributed by atoms with Crippen LogP contribution in [0.5, 0.6) is 5.75 Å². The van der Waals surface area contributed by atoms with Crippen LogP contribution in [0, 0.1) is 13.8 Å². The van der Waals surface area contributed by atoms with Crippen molar-refractivity contribution in [1.29, 1.82) is 0 Å². The Balaban J connectivity index is 2.21. The molecule has 0 aromatic carbocycles. The molecule has 0 unspecified atom stereocenters. The van der Waals surface area contributed by atoms with Crippen LogP contribution in [0.25, 0.3) is 0 Å². The van der Waals surface area contributed by atoms with E-state index in [4.69, 9.17) is 9.15 Å². The smallest absolute Gasteiger partial charge is 0.292 e. The Hall–Kier alpha value is -1.82. The van der Waals surface area contributed by atoms with Gasteiger partial charge in [0.1, 0.15) is 17.3 Å². The Morgan fingerprint density at radius 2 is 2.16 bits per heavy atom. The first kappa shape index (κ1) is 13.6. The van der Waals surface area contributed by atoms with Crippen molar-refractivity contribution in [3.05, 3.63) is 39.9 Å². The molecule has 2 aromatic rings. The summed E-state index contributed by atoms with van der Waals surface area (Å²) in [6.45, 7) is 3.62. The average molecular weight is 325 g/mol. The summed E-state index contributed by atoms with van der Waals surface area (Å²) in [5.41, 5.74) is 0.791.